The fourth-order valence-electron chi connectivity index (χ4n) is 3.75. The summed E-state index contributed by atoms with van der Waals surface area (Å²) in [5.41, 5.74) is 7.61. The number of carbonyl (C=O) groups is 3. The number of rotatable bonds is 5. The van der Waals surface area contributed by atoms with Crippen LogP contribution in [0.5, 0.6) is 0 Å². The Morgan fingerprint density at radius 3 is 2.23 bits per heavy atom. The summed E-state index contributed by atoms with van der Waals surface area (Å²) in [6, 6.07) is 13.6. The quantitative estimate of drug-likeness (QED) is 0.500. The van der Waals surface area contributed by atoms with Gasteiger partial charge in [0.1, 0.15) is 10.2 Å². The molecule has 1 atom stereocenters. The second-order valence-electron chi connectivity index (χ2n) is 7.48. The lowest BCUT2D eigenvalue weighted by Gasteiger charge is -2.23. The van der Waals surface area contributed by atoms with Crippen molar-refractivity contribution >= 4 is 69.5 Å². The van der Waals surface area contributed by atoms with Crippen molar-refractivity contribution in [3.63, 3.8) is 0 Å². The Labute approximate surface area is 215 Å². The molecule has 35 heavy (non-hydrogen) atoms. The molecule has 0 fully saturated rings. The lowest BCUT2D eigenvalue weighted by Crippen LogP contribution is -2.42. The number of anilines is 1. The van der Waals surface area contributed by atoms with E-state index in [1.807, 2.05) is 0 Å². The molecule has 0 spiro atoms. The van der Waals surface area contributed by atoms with Crippen molar-refractivity contribution in [1.29, 1.82) is 0 Å². The molecule has 0 unspecified atom stereocenters. The topological polar surface area (TPSA) is 101 Å². The lowest BCUT2D eigenvalue weighted by atomic mass is 10.1. The summed E-state index contributed by atoms with van der Waals surface area (Å²) in [5, 5.41) is 0.688. The number of nitrogens with two attached hydrogens (primary N) is 1. The first kappa shape index (κ1) is 24.9. The third kappa shape index (κ3) is 4.69. The minimum atomic E-state index is -0.850. The molecule has 0 aliphatic carbocycles. The first-order valence-electron chi connectivity index (χ1n) is 10.5. The number of aromatic nitrogens is 1. The maximum Gasteiger partial charge on any atom is 0.357 e. The molecule has 1 aromatic heterocycles. The van der Waals surface area contributed by atoms with E-state index in [0.29, 0.717) is 26.4 Å². The van der Waals surface area contributed by atoms with E-state index in [0.717, 1.165) is 16.3 Å². The summed E-state index contributed by atoms with van der Waals surface area (Å²) in [6.45, 7) is 1.72. The van der Waals surface area contributed by atoms with Gasteiger partial charge in [0.25, 0.3) is 0 Å². The van der Waals surface area contributed by atoms with Crippen molar-refractivity contribution in [2.75, 3.05) is 19.5 Å². The highest BCUT2D eigenvalue weighted by molar-refractivity contribution is 8.10. The van der Waals surface area contributed by atoms with Gasteiger partial charge in [0.05, 0.1) is 24.8 Å². The van der Waals surface area contributed by atoms with Gasteiger partial charge in [-0.15, -0.1) is 0 Å². The van der Waals surface area contributed by atoms with Crippen LogP contribution in [-0.4, -0.2) is 36.1 Å². The van der Waals surface area contributed by atoms with E-state index in [2.05, 4.69) is 0 Å². The van der Waals surface area contributed by atoms with Gasteiger partial charge in [0.15, 0.2) is 5.69 Å². The average molecular weight is 531 g/mol. The number of halogens is 2. The Bertz CT molecular complexity index is 1450. The number of thioether (sulfide) groups is 1. The van der Waals surface area contributed by atoms with Crippen LogP contribution in [0.4, 0.5) is 5.69 Å². The second-order valence-corrected chi connectivity index (χ2v) is 9.47. The van der Waals surface area contributed by atoms with Gasteiger partial charge in [0.2, 0.25) is 5.91 Å². The van der Waals surface area contributed by atoms with Crippen LogP contribution in [0.2, 0.25) is 10.0 Å². The van der Waals surface area contributed by atoms with Gasteiger partial charge >= 0.3 is 11.9 Å². The van der Waals surface area contributed by atoms with E-state index >= 15 is 0 Å². The van der Waals surface area contributed by atoms with E-state index in [1.165, 1.54) is 7.11 Å². The standard InChI is InChI=1S/C25H20Cl2N2O5S/c1-3-34-24(31)20-18(28)17(12-13-4-8-15(26)9-5-13)19-22(25(32)33-2)35-21(23(30)29(19)20)14-6-10-16(27)11-7-14/h4-12,21H,3,28H2,1-2H3/b17-12+/t21-/m1/s1. The van der Waals surface area contributed by atoms with Crippen molar-refractivity contribution in [1.82, 2.24) is 4.57 Å². The van der Waals surface area contributed by atoms with Gasteiger partial charge in [-0.2, -0.15) is 0 Å². The minimum Gasteiger partial charge on any atom is -0.465 e. The summed E-state index contributed by atoms with van der Waals surface area (Å²) in [6.07, 6.45) is 1.68. The molecule has 0 bridgehead atoms. The highest BCUT2D eigenvalue weighted by atomic mass is 35.5. The third-order valence-corrected chi connectivity index (χ3v) is 7.15. The Kier molecular flexibility index (Phi) is 7.25. The number of methoxy groups -OCH3 is 1. The highest BCUT2D eigenvalue weighted by Gasteiger charge is 2.38. The predicted molar refractivity (Wildman–Crippen MR) is 137 cm³/mol. The number of fused-ring (bicyclic) bond motifs is 1. The maximum absolute atomic E-state index is 13.8. The first-order valence-corrected chi connectivity index (χ1v) is 12.1. The highest BCUT2D eigenvalue weighted by Crippen LogP contribution is 2.40. The van der Waals surface area contributed by atoms with Gasteiger partial charge in [0, 0.05) is 15.3 Å². The van der Waals surface area contributed by atoms with Crippen LogP contribution in [0.1, 0.15) is 38.6 Å². The van der Waals surface area contributed by atoms with Crippen LogP contribution in [0.15, 0.2) is 48.5 Å². The number of ether oxygens (including phenoxy) is 2. The average Bonchev–Trinajstić information content (AvgIpc) is 3.13. The summed E-state index contributed by atoms with van der Waals surface area (Å²) in [7, 11) is 1.25. The molecule has 0 saturated carbocycles. The van der Waals surface area contributed by atoms with Gasteiger partial charge in [-0.05, 0) is 48.4 Å². The molecule has 4 rings (SSSR count). The fourth-order valence-corrected chi connectivity index (χ4v) is 5.23. The molecule has 1 aliphatic rings. The maximum atomic E-state index is 13.8. The van der Waals surface area contributed by atoms with Crippen LogP contribution >= 0.6 is 35.0 Å². The lowest BCUT2D eigenvalue weighted by molar-refractivity contribution is -0.133. The summed E-state index contributed by atoms with van der Waals surface area (Å²) < 4.78 is 11.4. The van der Waals surface area contributed by atoms with Crippen molar-refractivity contribution in [2.24, 2.45) is 0 Å². The van der Waals surface area contributed by atoms with E-state index in [1.54, 1.807) is 61.5 Å². The Morgan fingerprint density at radius 1 is 1.06 bits per heavy atom. The molecule has 2 N–H and O–H groups in total. The molecule has 1 aliphatic heterocycles. The number of carbonyl (C=O) groups excluding carboxylic acids is 3. The molecule has 3 aromatic rings. The van der Waals surface area contributed by atoms with Crippen LogP contribution in [0.3, 0.4) is 0 Å². The zero-order valence-corrected chi connectivity index (χ0v) is 21.0. The van der Waals surface area contributed by atoms with Crippen LogP contribution in [-0.2, 0) is 14.3 Å². The number of esters is 2. The van der Waals surface area contributed by atoms with Crippen LogP contribution in [0.25, 0.3) is 11.0 Å². The zero-order valence-electron chi connectivity index (χ0n) is 18.7. The largest absolute Gasteiger partial charge is 0.465 e. The monoisotopic (exact) mass is 530 g/mol. The number of nitrogens with zero attached hydrogens (tertiary/aromatic N) is 1. The molecule has 7 nitrogen and oxygen atoms in total. The van der Waals surface area contributed by atoms with Gasteiger partial charge in [-0.1, -0.05) is 59.2 Å². The molecule has 2 heterocycles. The molecule has 0 saturated heterocycles. The van der Waals surface area contributed by atoms with Crippen molar-refractivity contribution in [2.45, 2.75) is 12.2 Å². The second kappa shape index (κ2) is 10.2. The third-order valence-electron chi connectivity index (χ3n) is 5.34. The van der Waals surface area contributed by atoms with E-state index in [9.17, 15) is 14.4 Å². The summed E-state index contributed by atoms with van der Waals surface area (Å²) in [5.74, 6) is -1.90. The Hall–Kier alpha value is -3.20. The van der Waals surface area contributed by atoms with Crippen molar-refractivity contribution in [3.8, 4) is 0 Å². The molecule has 2 aromatic carbocycles. The first-order chi connectivity index (χ1) is 16.8. The number of hydrogen-bond acceptors (Lipinski definition) is 7. The van der Waals surface area contributed by atoms with Crippen molar-refractivity contribution in [3.05, 3.63) is 86.0 Å². The molecule has 10 heteroatoms. The summed E-state index contributed by atoms with van der Waals surface area (Å²) in [4.78, 5) is 39.8. The fraction of sp³-hybridized carbons (Fsp3) is 0.160. The van der Waals surface area contributed by atoms with Gasteiger partial charge in [-0.25, -0.2) is 9.59 Å². The van der Waals surface area contributed by atoms with E-state index in [4.69, 9.17) is 38.4 Å². The Balaban J connectivity index is 2.08. The molecular weight excluding hydrogens is 511 g/mol. The van der Waals surface area contributed by atoms with Gasteiger partial charge in [-0.3, -0.25) is 9.36 Å². The SMILES string of the molecule is CCOC(=O)c1c(N)/c(=C\c2ccc(Cl)cc2)c2n1C(=O)[C@@H](c1ccc(Cl)cc1)SC=2C(=O)OC. The number of hydrogen-bond donors (Lipinski definition) is 1. The number of nitrogen functional groups attached to an aromatic ring is 1. The van der Waals surface area contributed by atoms with Gasteiger partial charge < -0.3 is 15.2 Å². The zero-order chi connectivity index (χ0) is 25.3. The summed E-state index contributed by atoms with van der Waals surface area (Å²) >= 11 is 13.0. The van der Waals surface area contributed by atoms with E-state index < -0.39 is 23.1 Å². The molecule has 0 radical (unpaired) electrons. The van der Waals surface area contributed by atoms with E-state index in [-0.39, 0.29) is 28.2 Å². The number of benzene rings is 2. The van der Waals surface area contributed by atoms with Crippen LogP contribution in [0, 0.1) is 0 Å². The molecule has 0 amide bonds. The van der Waals surface area contributed by atoms with Crippen molar-refractivity contribution < 1.29 is 23.9 Å². The minimum absolute atomic E-state index is 0.0144. The Morgan fingerprint density at radius 2 is 1.66 bits per heavy atom. The predicted octanol–water partition coefficient (Wildman–Crippen LogP) is 3.79. The smallest absolute Gasteiger partial charge is 0.357 e. The normalized spacial score (nSPS) is 15.7. The molecule has 180 valence electrons. The van der Waals surface area contributed by atoms with Crippen LogP contribution < -0.4 is 16.3 Å². The molecular formula is C25H20Cl2N2O5S.